The summed E-state index contributed by atoms with van der Waals surface area (Å²) in [5, 5.41) is 12.7. The number of ether oxygens (including phenoxy) is 1. The molecule has 0 radical (unpaired) electrons. The summed E-state index contributed by atoms with van der Waals surface area (Å²) in [6.45, 7) is 3.25. The van der Waals surface area contributed by atoms with Gasteiger partial charge in [-0.1, -0.05) is 0 Å². The molecule has 0 saturated heterocycles. The summed E-state index contributed by atoms with van der Waals surface area (Å²) in [7, 11) is 0. The SMILES string of the molecule is CCOC(=O)c1csc(NC(=O)c2csc(NC(=O)c3csc(NC(C)=O)n3)n2)n1. The molecular weight excluding hydrogens is 452 g/mol. The van der Waals surface area contributed by atoms with Crippen LogP contribution in [0.25, 0.3) is 0 Å². The number of thiazole rings is 3. The topological polar surface area (TPSA) is 152 Å². The van der Waals surface area contributed by atoms with Crippen LogP contribution in [-0.4, -0.2) is 45.2 Å². The first kappa shape index (κ1) is 21.5. The highest BCUT2D eigenvalue weighted by Gasteiger charge is 2.18. The largest absolute Gasteiger partial charge is 0.461 e. The van der Waals surface area contributed by atoms with Crippen LogP contribution in [-0.2, 0) is 9.53 Å². The van der Waals surface area contributed by atoms with Gasteiger partial charge in [0.1, 0.15) is 11.4 Å². The highest BCUT2D eigenvalue weighted by Crippen LogP contribution is 2.21. The number of esters is 1. The van der Waals surface area contributed by atoms with Crippen molar-refractivity contribution >= 4 is 73.1 Å². The Bertz CT molecular complexity index is 1100. The fourth-order valence-electron chi connectivity index (χ4n) is 1.97. The minimum Gasteiger partial charge on any atom is -0.461 e. The van der Waals surface area contributed by atoms with E-state index in [4.69, 9.17) is 4.74 Å². The molecule has 3 heterocycles. The summed E-state index contributed by atoms with van der Waals surface area (Å²) >= 11 is 3.24. The van der Waals surface area contributed by atoms with E-state index >= 15 is 0 Å². The van der Waals surface area contributed by atoms with E-state index < -0.39 is 17.8 Å². The maximum Gasteiger partial charge on any atom is 0.357 e. The molecule has 156 valence electrons. The molecule has 3 aromatic heterocycles. The number of hydrogen-bond acceptors (Lipinski definition) is 11. The van der Waals surface area contributed by atoms with Crippen molar-refractivity contribution < 1.29 is 23.9 Å². The van der Waals surface area contributed by atoms with Gasteiger partial charge >= 0.3 is 5.97 Å². The van der Waals surface area contributed by atoms with E-state index in [1.807, 2.05) is 0 Å². The van der Waals surface area contributed by atoms with Crippen molar-refractivity contribution in [3.8, 4) is 0 Å². The summed E-state index contributed by atoms with van der Waals surface area (Å²) in [5.41, 5.74) is 0.282. The number of amides is 3. The average Bonchev–Trinajstić information content (AvgIpc) is 3.42. The Morgan fingerprint density at radius 2 is 1.23 bits per heavy atom. The lowest BCUT2D eigenvalue weighted by Crippen LogP contribution is -2.15. The summed E-state index contributed by atoms with van der Waals surface area (Å²) in [6.07, 6.45) is 0. The quantitative estimate of drug-likeness (QED) is 0.449. The van der Waals surface area contributed by atoms with Crippen LogP contribution < -0.4 is 16.0 Å². The van der Waals surface area contributed by atoms with Crippen LogP contribution in [0.5, 0.6) is 0 Å². The molecule has 0 bridgehead atoms. The standard InChI is InChI=1S/C16H14N6O5S3/c1-3-27-13(26)10-6-30-16(20-10)22-12(25)9-5-29-15(19-9)21-11(24)8-4-28-14(18-8)17-7(2)23/h4-6H,3H2,1-2H3,(H,17,18,23)(H,19,21,24)(H,20,22,25). The van der Waals surface area contributed by atoms with Gasteiger partial charge < -0.3 is 10.1 Å². The molecule has 30 heavy (non-hydrogen) atoms. The first-order valence-corrected chi connectivity index (χ1v) is 10.9. The van der Waals surface area contributed by atoms with Crippen molar-refractivity contribution in [1.29, 1.82) is 0 Å². The van der Waals surface area contributed by atoms with Gasteiger partial charge in [-0.05, 0) is 6.92 Å². The number of carbonyl (C=O) groups excluding carboxylic acids is 4. The molecule has 3 rings (SSSR count). The Morgan fingerprint density at radius 1 is 0.800 bits per heavy atom. The van der Waals surface area contributed by atoms with Gasteiger partial charge in [-0.25, -0.2) is 19.7 Å². The maximum absolute atomic E-state index is 12.3. The van der Waals surface area contributed by atoms with Crippen molar-refractivity contribution in [1.82, 2.24) is 15.0 Å². The van der Waals surface area contributed by atoms with Gasteiger partial charge in [0, 0.05) is 23.1 Å². The van der Waals surface area contributed by atoms with Crippen LogP contribution in [0.2, 0.25) is 0 Å². The predicted octanol–water partition coefficient (Wildman–Crippen LogP) is 2.70. The zero-order valence-electron chi connectivity index (χ0n) is 15.5. The molecule has 3 N–H and O–H groups in total. The second kappa shape index (κ2) is 9.51. The first-order chi connectivity index (χ1) is 14.4. The van der Waals surface area contributed by atoms with Gasteiger partial charge in [0.2, 0.25) is 5.91 Å². The van der Waals surface area contributed by atoms with E-state index in [-0.39, 0.29) is 39.9 Å². The van der Waals surface area contributed by atoms with Crippen molar-refractivity contribution in [2.45, 2.75) is 13.8 Å². The van der Waals surface area contributed by atoms with E-state index in [0.717, 1.165) is 34.0 Å². The van der Waals surface area contributed by atoms with Gasteiger partial charge in [0.05, 0.1) is 6.61 Å². The van der Waals surface area contributed by atoms with E-state index in [2.05, 4.69) is 30.9 Å². The van der Waals surface area contributed by atoms with Crippen molar-refractivity contribution in [2.75, 3.05) is 22.6 Å². The molecule has 0 aliphatic rings. The second-order valence-corrected chi connectivity index (χ2v) is 8.00. The molecule has 3 amide bonds. The average molecular weight is 467 g/mol. The lowest BCUT2D eigenvalue weighted by atomic mass is 10.4. The third kappa shape index (κ3) is 5.43. The van der Waals surface area contributed by atoms with E-state index in [0.29, 0.717) is 5.13 Å². The minimum absolute atomic E-state index is 0.0698. The van der Waals surface area contributed by atoms with Gasteiger partial charge in [-0.15, -0.1) is 34.0 Å². The number of anilines is 3. The molecule has 11 nitrogen and oxygen atoms in total. The smallest absolute Gasteiger partial charge is 0.357 e. The fraction of sp³-hybridized carbons (Fsp3) is 0.188. The van der Waals surface area contributed by atoms with E-state index in [1.54, 1.807) is 6.92 Å². The lowest BCUT2D eigenvalue weighted by Gasteiger charge is -1.99. The van der Waals surface area contributed by atoms with Gasteiger partial charge in [0.25, 0.3) is 11.8 Å². The first-order valence-electron chi connectivity index (χ1n) is 8.29. The summed E-state index contributed by atoms with van der Waals surface area (Å²) in [6, 6.07) is 0. The molecule has 0 unspecified atom stereocenters. The molecular formula is C16H14N6O5S3. The van der Waals surface area contributed by atoms with Crippen LogP contribution in [0.15, 0.2) is 16.1 Å². The predicted molar refractivity (Wildman–Crippen MR) is 113 cm³/mol. The molecule has 3 aromatic rings. The Hall–Kier alpha value is -3.23. The van der Waals surface area contributed by atoms with Crippen LogP contribution >= 0.6 is 34.0 Å². The van der Waals surface area contributed by atoms with Gasteiger partial charge in [-0.2, -0.15) is 0 Å². The third-order valence-corrected chi connectivity index (χ3v) is 5.46. The molecule has 0 fully saturated rings. The Labute approximate surface area is 181 Å². The zero-order valence-corrected chi connectivity index (χ0v) is 18.0. The Balaban J connectivity index is 1.59. The highest BCUT2D eigenvalue weighted by molar-refractivity contribution is 7.15. The lowest BCUT2D eigenvalue weighted by molar-refractivity contribution is -0.114. The molecule has 0 aromatic carbocycles. The van der Waals surface area contributed by atoms with Gasteiger partial charge in [0.15, 0.2) is 21.1 Å². The number of nitrogens with one attached hydrogen (secondary N) is 3. The van der Waals surface area contributed by atoms with Crippen LogP contribution in [0.1, 0.15) is 45.3 Å². The molecule has 0 spiro atoms. The number of rotatable bonds is 7. The highest BCUT2D eigenvalue weighted by atomic mass is 32.1. The number of hydrogen-bond donors (Lipinski definition) is 3. The maximum atomic E-state index is 12.3. The number of nitrogens with zero attached hydrogens (tertiary/aromatic N) is 3. The normalized spacial score (nSPS) is 10.3. The minimum atomic E-state index is -0.573. The Morgan fingerprint density at radius 3 is 1.70 bits per heavy atom. The van der Waals surface area contributed by atoms with Crippen molar-refractivity contribution in [3.05, 3.63) is 33.2 Å². The fourth-order valence-corrected chi connectivity index (χ4v) is 4.07. The van der Waals surface area contributed by atoms with E-state index in [9.17, 15) is 19.2 Å². The molecule has 0 aliphatic heterocycles. The van der Waals surface area contributed by atoms with Crippen molar-refractivity contribution in [3.63, 3.8) is 0 Å². The third-order valence-electron chi connectivity index (χ3n) is 3.19. The van der Waals surface area contributed by atoms with Crippen LogP contribution in [0, 0.1) is 0 Å². The number of carbonyl (C=O) groups is 4. The monoisotopic (exact) mass is 466 g/mol. The molecule has 0 aliphatic carbocycles. The summed E-state index contributed by atoms with van der Waals surface area (Å²) in [5.74, 6) is -1.93. The van der Waals surface area contributed by atoms with E-state index in [1.165, 1.54) is 23.1 Å². The van der Waals surface area contributed by atoms with Crippen LogP contribution in [0.3, 0.4) is 0 Å². The summed E-state index contributed by atoms with van der Waals surface area (Å²) < 4.78 is 4.84. The van der Waals surface area contributed by atoms with Gasteiger partial charge in [-0.3, -0.25) is 25.0 Å². The zero-order chi connectivity index (χ0) is 21.7. The van der Waals surface area contributed by atoms with Crippen molar-refractivity contribution in [2.24, 2.45) is 0 Å². The molecule has 14 heteroatoms. The second-order valence-electron chi connectivity index (χ2n) is 5.42. The number of aromatic nitrogens is 3. The molecule has 0 saturated carbocycles. The molecule has 0 atom stereocenters. The Kier molecular flexibility index (Phi) is 6.81. The summed E-state index contributed by atoms with van der Waals surface area (Å²) in [4.78, 5) is 59.3. The van der Waals surface area contributed by atoms with Crippen LogP contribution in [0.4, 0.5) is 15.4 Å².